The molecule has 4 rings (SSSR count). The molecule has 0 fully saturated rings. The number of fused-ring (bicyclic) bond motifs is 1. The fourth-order valence-corrected chi connectivity index (χ4v) is 4.87. The molecule has 0 saturated carbocycles. The van der Waals surface area contributed by atoms with Crippen molar-refractivity contribution in [2.24, 2.45) is 5.41 Å². The normalized spacial score (nSPS) is 14.1. The van der Waals surface area contributed by atoms with Gasteiger partial charge in [-0.3, -0.25) is 19.7 Å². The molecule has 1 aliphatic rings. The minimum absolute atomic E-state index is 0.0452. The number of ether oxygens (including phenoxy) is 2. The minimum atomic E-state index is -0.524. The Bertz CT molecular complexity index is 1410. The third-order valence-electron chi connectivity index (χ3n) is 6.64. The number of nitro benzene ring substituents is 1. The Morgan fingerprint density at radius 1 is 1.13 bits per heavy atom. The van der Waals surface area contributed by atoms with Gasteiger partial charge in [0.25, 0.3) is 11.6 Å². The van der Waals surface area contributed by atoms with E-state index in [0.29, 0.717) is 54.3 Å². The van der Waals surface area contributed by atoms with Crippen LogP contribution in [-0.2, 0) is 12.8 Å². The molecule has 10 nitrogen and oxygen atoms in total. The van der Waals surface area contributed by atoms with Crippen LogP contribution in [0.1, 0.15) is 71.3 Å². The van der Waals surface area contributed by atoms with Gasteiger partial charge in [0.2, 0.25) is 0 Å². The largest absolute Gasteiger partial charge is 0.493 e. The van der Waals surface area contributed by atoms with Crippen LogP contribution in [0.25, 0.3) is 5.69 Å². The number of methoxy groups -OCH3 is 2. The molecule has 0 saturated heterocycles. The number of carbonyl (C=O) groups excluding carboxylic acids is 2. The van der Waals surface area contributed by atoms with Crippen molar-refractivity contribution in [1.82, 2.24) is 15.1 Å². The van der Waals surface area contributed by atoms with Gasteiger partial charge in [0.1, 0.15) is 5.69 Å². The Morgan fingerprint density at radius 2 is 1.87 bits per heavy atom. The van der Waals surface area contributed by atoms with Gasteiger partial charge in [0.05, 0.1) is 36.1 Å². The molecule has 1 heterocycles. The first-order valence-electron chi connectivity index (χ1n) is 12.5. The van der Waals surface area contributed by atoms with E-state index in [0.717, 1.165) is 12.0 Å². The monoisotopic (exact) mass is 520 g/mol. The maximum absolute atomic E-state index is 13.4. The first-order chi connectivity index (χ1) is 18.1. The average molecular weight is 521 g/mol. The van der Waals surface area contributed by atoms with Crippen LogP contribution in [0.2, 0.25) is 0 Å². The molecule has 3 aromatic rings. The van der Waals surface area contributed by atoms with E-state index in [1.807, 2.05) is 32.9 Å². The number of ketones is 1. The summed E-state index contributed by atoms with van der Waals surface area (Å²) in [5, 5.41) is 19.6. The van der Waals surface area contributed by atoms with Gasteiger partial charge in [-0.1, -0.05) is 26.8 Å². The molecule has 0 atom stereocenters. The fourth-order valence-electron chi connectivity index (χ4n) is 4.87. The van der Waals surface area contributed by atoms with Crippen molar-refractivity contribution in [1.29, 1.82) is 0 Å². The number of carbonyl (C=O) groups is 2. The van der Waals surface area contributed by atoms with E-state index in [1.165, 1.54) is 16.8 Å². The van der Waals surface area contributed by atoms with Crippen LogP contribution in [0, 0.1) is 15.5 Å². The third-order valence-corrected chi connectivity index (χ3v) is 6.64. The standard InChI is InChI=1S/C28H32N4O6/c1-6-11-29-27(34)18-8-9-20(21(14-18)32(35)36)31-22-15-28(2,3)16-23(33)26(22)19(30-31)12-17-7-10-24(37-4)25(13-17)38-5/h7-10,13-14H,6,11-12,15-16H2,1-5H3,(H,29,34). The Morgan fingerprint density at radius 3 is 2.53 bits per heavy atom. The van der Waals surface area contributed by atoms with E-state index >= 15 is 0 Å². The zero-order valence-electron chi connectivity index (χ0n) is 22.3. The number of amides is 1. The lowest BCUT2D eigenvalue weighted by Gasteiger charge is -2.29. The number of benzene rings is 2. The molecule has 200 valence electrons. The van der Waals surface area contributed by atoms with Crippen molar-refractivity contribution >= 4 is 17.4 Å². The smallest absolute Gasteiger partial charge is 0.295 e. The Labute approximate surface area is 221 Å². The molecular formula is C28H32N4O6. The Hall–Kier alpha value is -4.21. The summed E-state index contributed by atoms with van der Waals surface area (Å²) < 4.78 is 12.3. The van der Waals surface area contributed by atoms with Gasteiger partial charge in [-0.25, -0.2) is 4.68 Å². The summed E-state index contributed by atoms with van der Waals surface area (Å²) in [6.45, 7) is 6.39. The predicted octanol–water partition coefficient (Wildman–Crippen LogP) is 4.68. The number of nitrogens with one attached hydrogen (secondary N) is 1. The zero-order chi connectivity index (χ0) is 27.6. The Kier molecular flexibility index (Phi) is 7.52. The SMILES string of the molecule is CCCNC(=O)c1ccc(-n2nc(Cc3ccc(OC)c(OC)c3)c3c2CC(C)(C)CC3=O)c([N+](=O)[O-])c1. The summed E-state index contributed by atoms with van der Waals surface area (Å²) in [6, 6.07) is 9.82. The number of Topliss-reactive ketones (excluding diaryl/α,β-unsaturated/α-hetero) is 1. The molecule has 0 aliphatic heterocycles. The highest BCUT2D eigenvalue weighted by Crippen LogP contribution is 2.39. The molecule has 1 N–H and O–H groups in total. The number of nitro groups is 1. The van der Waals surface area contributed by atoms with Crippen LogP contribution >= 0.6 is 0 Å². The molecular weight excluding hydrogens is 488 g/mol. The highest BCUT2D eigenvalue weighted by Gasteiger charge is 2.37. The molecule has 0 bridgehead atoms. The summed E-state index contributed by atoms with van der Waals surface area (Å²) in [4.78, 5) is 37.4. The first-order valence-corrected chi connectivity index (χ1v) is 12.5. The molecule has 0 spiro atoms. The second-order valence-electron chi connectivity index (χ2n) is 10.2. The van der Waals surface area contributed by atoms with E-state index in [4.69, 9.17) is 14.6 Å². The van der Waals surface area contributed by atoms with Crippen molar-refractivity contribution in [3.8, 4) is 17.2 Å². The van der Waals surface area contributed by atoms with Gasteiger partial charge in [0.15, 0.2) is 17.3 Å². The minimum Gasteiger partial charge on any atom is -0.493 e. The van der Waals surface area contributed by atoms with Crippen LogP contribution < -0.4 is 14.8 Å². The molecule has 0 radical (unpaired) electrons. The average Bonchev–Trinajstić information content (AvgIpc) is 3.23. The van der Waals surface area contributed by atoms with E-state index in [1.54, 1.807) is 26.4 Å². The quantitative estimate of drug-likeness (QED) is 0.321. The maximum atomic E-state index is 13.4. The van der Waals surface area contributed by atoms with Crippen LogP contribution in [-0.4, -0.2) is 47.2 Å². The number of rotatable bonds is 9. The molecule has 2 aromatic carbocycles. The van der Waals surface area contributed by atoms with Crippen LogP contribution in [0.15, 0.2) is 36.4 Å². The zero-order valence-corrected chi connectivity index (χ0v) is 22.3. The van der Waals surface area contributed by atoms with Crippen molar-refractivity contribution in [3.05, 3.63) is 74.6 Å². The van der Waals surface area contributed by atoms with Gasteiger partial charge < -0.3 is 14.8 Å². The van der Waals surface area contributed by atoms with Crippen molar-refractivity contribution in [3.63, 3.8) is 0 Å². The summed E-state index contributed by atoms with van der Waals surface area (Å²) in [5.74, 6) is 0.712. The van der Waals surface area contributed by atoms with E-state index in [-0.39, 0.29) is 34.0 Å². The van der Waals surface area contributed by atoms with Crippen molar-refractivity contribution in [2.75, 3.05) is 20.8 Å². The highest BCUT2D eigenvalue weighted by molar-refractivity contribution is 6.00. The van der Waals surface area contributed by atoms with Gasteiger partial charge in [0, 0.05) is 31.0 Å². The summed E-state index contributed by atoms with van der Waals surface area (Å²) >= 11 is 0. The molecule has 1 amide bonds. The maximum Gasteiger partial charge on any atom is 0.295 e. The molecule has 38 heavy (non-hydrogen) atoms. The van der Waals surface area contributed by atoms with Crippen molar-refractivity contribution < 1.29 is 24.0 Å². The second-order valence-corrected chi connectivity index (χ2v) is 10.2. The molecule has 1 aromatic heterocycles. The van der Waals surface area contributed by atoms with Gasteiger partial charge in [-0.05, 0) is 48.1 Å². The van der Waals surface area contributed by atoms with Crippen LogP contribution in [0.3, 0.4) is 0 Å². The number of nitrogens with zero attached hydrogens (tertiary/aromatic N) is 3. The third kappa shape index (κ3) is 5.25. The number of aromatic nitrogens is 2. The lowest BCUT2D eigenvalue weighted by molar-refractivity contribution is -0.384. The van der Waals surface area contributed by atoms with Crippen LogP contribution in [0.5, 0.6) is 11.5 Å². The van der Waals surface area contributed by atoms with Crippen molar-refractivity contribution in [2.45, 2.75) is 46.5 Å². The van der Waals surface area contributed by atoms with Gasteiger partial charge in [-0.15, -0.1) is 0 Å². The second kappa shape index (κ2) is 10.6. The molecule has 0 unspecified atom stereocenters. The lowest BCUT2D eigenvalue weighted by Crippen LogP contribution is -2.28. The van der Waals surface area contributed by atoms with E-state index < -0.39 is 4.92 Å². The number of hydrogen-bond acceptors (Lipinski definition) is 7. The van der Waals surface area contributed by atoms with Gasteiger partial charge >= 0.3 is 0 Å². The Balaban J connectivity index is 1.85. The predicted molar refractivity (Wildman–Crippen MR) is 142 cm³/mol. The summed E-state index contributed by atoms with van der Waals surface area (Å²) in [5.41, 5.74) is 2.33. The topological polar surface area (TPSA) is 126 Å². The number of hydrogen-bond donors (Lipinski definition) is 1. The molecule has 1 aliphatic carbocycles. The van der Waals surface area contributed by atoms with E-state index in [2.05, 4.69) is 5.32 Å². The summed E-state index contributed by atoms with van der Waals surface area (Å²) in [7, 11) is 3.11. The first kappa shape index (κ1) is 26.8. The van der Waals surface area contributed by atoms with Crippen LogP contribution in [0.4, 0.5) is 5.69 Å². The van der Waals surface area contributed by atoms with E-state index in [9.17, 15) is 19.7 Å². The highest BCUT2D eigenvalue weighted by atomic mass is 16.6. The molecule has 10 heteroatoms. The van der Waals surface area contributed by atoms with Gasteiger partial charge in [-0.2, -0.15) is 5.10 Å². The lowest BCUT2D eigenvalue weighted by atomic mass is 9.75. The fraction of sp³-hybridized carbons (Fsp3) is 0.393. The summed E-state index contributed by atoms with van der Waals surface area (Å²) in [6.07, 6.45) is 1.94.